The molecule has 10 heteroatoms. The summed E-state index contributed by atoms with van der Waals surface area (Å²) in [6, 6.07) is 0. The van der Waals surface area contributed by atoms with Crippen LogP contribution in [0, 0.1) is 0 Å². The lowest BCUT2D eigenvalue weighted by molar-refractivity contribution is -0.142. The van der Waals surface area contributed by atoms with Crippen molar-refractivity contribution in [1.29, 1.82) is 0 Å². The van der Waals surface area contributed by atoms with Crippen LogP contribution in [-0.4, -0.2) is 50.8 Å². The van der Waals surface area contributed by atoms with Crippen molar-refractivity contribution in [2.24, 2.45) is 7.05 Å². The maximum Gasteiger partial charge on any atom is 0.435 e. The fraction of sp³-hybridized carbons (Fsp3) is 0.643. The van der Waals surface area contributed by atoms with Gasteiger partial charge in [0.25, 0.3) is 5.91 Å². The Balaban J connectivity index is 1.95. The maximum atomic E-state index is 12.8. The molecule has 0 saturated carbocycles. The molecule has 0 spiro atoms. The number of hydrogen-bond acceptors (Lipinski definition) is 4. The molecule has 1 aliphatic rings. The van der Waals surface area contributed by atoms with Gasteiger partial charge in [-0.3, -0.25) is 14.3 Å². The van der Waals surface area contributed by atoms with Crippen molar-refractivity contribution in [2.45, 2.75) is 38.1 Å². The SMILES string of the molecule is Cn1cc(CNC(=O)CN2CCCCC(O)C2=O)c(C(F)(F)F)n1. The van der Waals surface area contributed by atoms with Crippen molar-refractivity contribution >= 4 is 11.8 Å². The number of aromatic nitrogens is 2. The number of nitrogens with zero attached hydrogens (tertiary/aromatic N) is 3. The molecule has 0 aliphatic carbocycles. The Kier molecular flexibility index (Phi) is 5.47. The monoisotopic (exact) mass is 348 g/mol. The number of aliphatic hydroxyl groups excluding tert-OH is 1. The summed E-state index contributed by atoms with van der Waals surface area (Å²) in [6.45, 7) is -0.298. The third kappa shape index (κ3) is 4.47. The second kappa shape index (κ2) is 7.20. The second-order valence-electron chi connectivity index (χ2n) is 5.72. The van der Waals surface area contributed by atoms with E-state index in [1.807, 2.05) is 0 Å². The standard InChI is InChI=1S/C14H19F3N4O3/c1-20-7-9(12(19-20)14(15,16)17)6-18-11(23)8-21-5-3-2-4-10(22)13(21)24/h7,10,22H,2-6,8H2,1H3,(H,18,23). The Bertz CT molecular complexity index is 615. The lowest BCUT2D eigenvalue weighted by Crippen LogP contribution is -2.44. The Morgan fingerprint density at radius 1 is 1.46 bits per heavy atom. The van der Waals surface area contributed by atoms with Crippen molar-refractivity contribution in [2.75, 3.05) is 13.1 Å². The van der Waals surface area contributed by atoms with E-state index in [2.05, 4.69) is 10.4 Å². The molecule has 7 nitrogen and oxygen atoms in total. The van der Waals surface area contributed by atoms with Gasteiger partial charge in [0.1, 0.15) is 6.10 Å². The number of likely N-dealkylation sites (tertiary alicyclic amines) is 1. The van der Waals surface area contributed by atoms with Crippen LogP contribution < -0.4 is 5.32 Å². The van der Waals surface area contributed by atoms with Gasteiger partial charge in [-0.25, -0.2) is 0 Å². The molecule has 0 bridgehead atoms. The summed E-state index contributed by atoms with van der Waals surface area (Å²) < 4.78 is 39.5. The molecular formula is C14H19F3N4O3. The highest BCUT2D eigenvalue weighted by Crippen LogP contribution is 2.30. The number of amides is 2. The zero-order valence-corrected chi connectivity index (χ0v) is 13.1. The van der Waals surface area contributed by atoms with Crippen LogP contribution in [0.4, 0.5) is 13.2 Å². The molecule has 2 heterocycles. The molecule has 2 rings (SSSR count). The predicted octanol–water partition coefficient (Wildman–Crippen LogP) is 0.428. The number of carbonyl (C=O) groups is 2. The highest BCUT2D eigenvalue weighted by molar-refractivity contribution is 5.87. The molecule has 0 radical (unpaired) electrons. The first-order valence-corrected chi connectivity index (χ1v) is 7.51. The number of rotatable bonds is 4. The molecule has 2 N–H and O–H groups in total. The van der Waals surface area contributed by atoms with Gasteiger partial charge >= 0.3 is 6.18 Å². The van der Waals surface area contributed by atoms with E-state index in [-0.39, 0.29) is 18.7 Å². The minimum absolute atomic E-state index is 0.152. The molecule has 1 saturated heterocycles. The van der Waals surface area contributed by atoms with Crippen LogP contribution in [0.2, 0.25) is 0 Å². The Labute approximate surface area is 136 Å². The Morgan fingerprint density at radius 3 is 2.83 bits per heavy atom. The minimum Gasteiger partial charge on any atom is -0.383 e. The second-order valence-corrected chi connectivity index (χ2v) is 5.72. The Hall–Kier alpha value is -2.10. The van der Waals surface area contributed by atoms with Crippen LogP contribution in [0.1, 0.15) is 30.5 Å². The minimum atomic E-state index is -4.60. The van der Waals surface area contributed by atoms with Crippen LogP contribution >= 0.6 is 0 Å². The van der Waals surface area contributed by atoms with Crippen molar-refractivity contribution in [3.8, 4) is 0 Å². The van der Waals surface area contributed by atoms with E-state index in [1.54, 1.807) is 0 Å². The van der Waals surface area contributed by atoms with Crippen molar-refractivity contribution in [3.05, 3.63) is 17.5 Å². The maximum absolute atomic E-state index is 12.8. The molecule has 1 aliphatic heterocycles. The molecule has 1 unspecified atom stereocenters. The van der Waals surface area contributed by atoms with Gasteiger partial charge in [-0.15, -0.1) is 0 Å². The highest BCUT2D eigenvalue weighted by Gasteiger charge is 2.37. The fourth-order valence-electron chi connectivity index (χ4n) is 2.57. The summed E-state index contributed by atoms with van der Waals surface area (Å²) in [7, 11) is 1.36. The van der Waals surface area contributed by atoms with Gasteiger partial charge in [0.15, 0.2) is 5.69 Å². The predicted molar refractivity (Wildman–Crippen MR) is 76.5 cm³/mol. The molecule has 0 aromatic carbocycles. The van der Waals surface area contributed by atoms with Gasteiger partial charge in [0.2, 0.25) is 5.91 Å². The summed E-state index contributed by atoms with van der Waals surface area (Å²) in [4.78, 5) is 25.0. The summed E-state index contributed by atoms with van der Waals surface area (Å²) in [6.07, 6.45) is -2.86. The van der Waals surface area contributed by atoms with Crippen LogP contribution in [0.3, 0.4) is 0 Å². The molecule has 1 aromatic rings. The summed E-state index contributed by atoms with van der Waals surface area (Å²) in [5.41, 5.74) is -1.20. The quantitative estimate of drug-likeness (QED) is 0.826. The molecule has 24 heavy (non-hydrogen) atoms. The van der Waals surface area contributed by atoms with Crippen LogP contribution in [-0.2, 0) is 29.4 Å². The number of nitrogens with one attached hydrogen (secondary N) is 1. The molecular weight excluding hydrogens is 329 g/mol. The zero-order chi connectivity index (χ0) is 17.9. The van der Waals surface area contributed by atoms with E-state index in [0.717, 1.165) is 4.68 Å². The van der Waals surface area contributed by atoms with Crippen molar-refractivity contribution < 1.29 is 27.9 Å². The summed E-state index contributed by atoms with van der Waals surface area (Å²) >= 11 is 0. The topological polar surface area (TPSA) is 87.5 Å². The smallest absolute Gasteiger partial charge is 0.383 e. The van der Waals surface area contributed by atoms with Gasteiger partial charge in [0.05, 0.1) is 6.54 Å². The van der Waals surface area contributed by atoms with Crippen molar-refractivity contribution in [3.63, 3.8) is 0 Å². The first kappa shape index (κ1) is 18.2. The molecule has 1 aromatic heterocycles. The van der Waals surface area contributed by atoms with Crippen molar-refractivity contribution in [1.82, 2.24) is 20.0 Å². The van der Waals surface area contributed by atoms with E-state index >= 15 is 0 Å². The average Bonchev–Trinajstić information content (AvgIpc) is 2.81. The highest BCUT2D eigenvalue weighted by atomic mass is 19.4. The van der Waals surface area contributed by atoms with Crippen LogP contribution in [0.15, 0.2) is 6.20 Å². The van der Waals surface area contributed by atoms with Gasteiger partial charge in [0, 0.05) is 31.9 Å². The third-order valence-corrected chi connectivity index (χ3v) is 3.74. The van der Waals surface area contributed by atoms with Gasteiger partial charge < -0.3 is 15.3 Å². The van der Waals surface area contributed by atoms with E-state index in [4.69, 9.17) is 0 Å². The summed E-state index contributed by atoms with van der Waals surface area (Å²) in [5.74, 6) is -1.12. The van der Waals surface area contributed by atoms with E-state index in [0.29, 0.717) is 25.8 Å². The largest absolute Gasteiger partial charge is 0.435 e. The lowest BCUT2D eigenvalue weighted by Gasteiger charge is -2.21. The third-order valence-electron chi connectivity index (χ3n) is 3.74. The fourth-order valence-corrected chi connectivity index (χ4v) is 2.57. The van der Waals surface area contributed by atoms with E-state index < -0.39 is 29.8 Å². The average molecular weight is 348 g/mol. The van der Waals surface area contributed by atoms with Crippen LogP contribution in [0.5, 0.6) is 0 Å². The number of aliphatic hydroxyl groups is 1. The van der Waals surface area contributed by atoms with Crippen LogP contribution in [0.25, 0.3) is 0 Å². The first-order chi connectivity index (χ1) is 11.2. The lowest BCUT2D eigenvalue weighted by atomic mass is 10.2. The molecule has 1 atom stereocenters. The number of alkyl halides is 3. The normalized spacial score (nSPS) is 19.3. The molecule has 1 fully saturated rings. The van der Waals surface area contributed by atoms with Gasteiger partial charge in [-0.1, -0.05) is 0 Å². The zero-order valence-electron chi connectivity index (χ0n) is 13.1. The first-order valence-electron chi connectivity index (χ1n) is 7.51. The van der Waals surface area contributed by atoms with E-state index in [9.17, 15) is 27.9 Å². The van der Waals surface area contributed by atoms with Gasteiger partial charge in [-0.2, -0.15) is 18.3 Å². The van der Waals surface area contributed by atoms with E-state index in [1.165, 1.54) is 18.1 Å². The Morgan fingerprint density at radius 2 is 2.17 bits per heavy atom. The number of hydrogen-bond donors (Lipinski definition) is 2. The molecule has 134 valence electrons. The number of carbonyl (C=O) groups excluding carboxylic acids is 2. The molecule has 2 amide bonds. The summed E-state index contributed by atoms with van der Waals surface area (Å²) in [5, 5.41) is 15.3. The number of halogens is 3. The number of aryl methyl sites for hydroxylation is 1. The van der Waals surface area contributed by atoms with Gasteiger partial charge in [-0.05, 0) is 19.3 Å².